The van der Waals surface area contributed by atoms with Gasteiger partial charge in [0.25, 0.3) is 11.5 Å². The van der Waals surface area contributed by atoms with Crippen LogP contribution in [0.3, 0.4) is 0 Å². The van der Waals surface area contributed by atoms with E-state index < -0.39 is 0 Å². The fourth-order valence-electron chi connectivity index (χ4n) is 3.37. The number of hydrogen-bond donors (Lipinski definition) is 1. The molecule has 0 bridgehead atoms. The van der Waals surface area contributed by atoms with E-state index in [9.17, 15) is 9.59 Å². The van der Waals surface area contributed by atoms with Crippen LogP contribution < -0.4 is 20.3 Å². The molecule has 9 heteroatoms. The van der Waals surface area contributed by atoms with Crippen molar-refractivity contribution in [1.82, 2.24) is 9.56 Å². The van der Waals surface area contributed by atoms with E-state index in [4.69, 9.17) is 25.6 Å². The average molecular weight is 468 g/mol. The molecule has 0 saturated carbocycles. The molecule has 2 aromatic heterocycles. The lowest BCUT2D eigenvalue weighted by atomic mass is 10.1. The standard InChI is InChI=1S/C24H22ClN3O5/c1-14-5-4-6-15(2)24(14)32-13-22(29)27-19-8-7-17(25)10-20(19)31-12-18-11-23(30)28-21(26-18)9-16(3)33-28/h4-11H,12-13H2,1-3H3,(H,27,29). The third-order valence-electron chi connectivity index (χ3n) is 4.87. The first-order valence-corrected chi connectivity index (χ1v) is 10.6. The summed E-state index contributed by atoms with van der Waals surface area (Å²) in [6.45, 7) is 5.41. The van der Waals surface area contributed by atoms with Crippen LogP contribution in [-0.2, 0) is 11.4 Å². The van der Waals surface area contributed by atoms with Gasteiger partial charge in [0.05, 0.1) is 11.4 Å². The van der Waals surface area contributed by atoms with Gasteiger partial charge in [0.15, 0.2) is 12.3 Å². The van der Waals surface area contributed by atoms with Crippen molar-refractivity contribution in [3.8, 4) is 11.5 Å². The van der Waals surface area contributed by atoms with Crippen molar-refractivity contribution in [1.29, 1.82) is 0 Å². The number of amides is 1. The van der Waals surface area contributed by atoms with E-state index in [1.54, 1.807) is 31.2 Å². The third-order valence-corrected chi connectivity index (χ3v) is 5.11. The molecule has 0 saturated heterocycles. The fourth-order valence-corrected chi connectivity index (χ4v) is 3.53. The summed E-state index contributed by atoms with van der Waals surface area (Å²) < 4.78 is 18.0. The van der Waals surface area contributed by atoms with Gasteiger partial charge in [0.2, 0.25) is 0 Å². The molecule has 8 nitrogen and oxygen atoms in total. The first-order valence-electron chi connectivity index (χ1n) is 10.2. The van der Waals surface area contributed by atoms with Crippen LogP contribution in [-0.4, -0.2) is 22.1 Å². The van der Waals surface area contributed by atoms with E-state index in [1.807, 2.05) is 32.0 Å². The molecule has 1 N–H and O–H groups in total. The molecule has 2 aromatic carbocycles. The number of carbonyl (C=O) groups excluding carboxylic acids is 1. The summed E-state index contributed by atoms with van der Waals surface area (Å²) in [6.07, 6.45) is 0. The van der Waals surface area contributed by atoms with Gasteiger partial charge in [0, 0.05) is 23.2 Å². The molecule has 4 aromatic rings. The van der Waals surface area contributed by atoms with Gasteiger partial charge in [-0.15, -0.1) is 4.57 Å². The van der Waals surface area contributed by atoms with Gasteiger partial charge in [-0.2, -0.15) is 0 Å². The normalized spacial score (nSPS) is 10.9. The summed E-state index contributed by atoms with van der Waals surface area (Å²) in [6, 6.07) is 13.6. The smallest absolute Gasteiger partial charge is 0.287 e. The number of hydrogen-bond acceptors (Lipinski definition) is 6. The number of halogens is 1. The van der Waals surface area contributed by atoms with Crippen LogP contribution in [0.15, 0.2) is 57.8 Å². The van der Waals surface area contributed by atoms with Gasteiger partial charge in [-0.25, -0.2) is 4.98 Å². The number of aromatic nitrogens is 2. The summed E-state index contributed by atoms with van der Waals surface area (Å²) in [5, 5.41) is 3.21. The van der Waals surface area contributed by atoms with Crippen molar-refractivity contribution in [3.63, 3.8) is 0 Å². The maximum Gasteiger partial charge on any atom is 0.287 e. The van der Waals surface area contributed by atoms with Crippen molar-refractivity contribution >= 4 is 28.8 Å². The van der Waals surface area contributed by atoms with Crippen LogP contribution in [0.25, 0.3) is 5.65 Å². The molecule has 0 aliphatic heterocycles. The van der Waals surface area contributed by atoms with Gasteiger partial charge >= 0.3 is 0 Å². The molecule has 0 aliphatic carbocycles. The minimum Gasteiger partial charge on any atom is -0.485 e. The average Bonchev–Trinajstić information content (AvgIpc) is 3.14. The number of ether oxygens (including phenoxy) is 2. The van der Waals surface area contributed by atoms with Gasteiger partial charge in [0.1, 0.15) is 23.9 Å². The second kappa shape index (κ2) is 9.38. The van der Waals surface area contributed by atoms with Gasteiger partial charge < -0.3 is 19.3 Å². The number of nitrogens with zero attached hydrogens (tertiary/aromatic N) is 2. The van der Waals surface area contributed by atoms with Crippen molar-refractivity contribution in [2.75, 3.05) is 11.9 Å². The van der Waals surface area contributed by atoms with Crippen LogP contribution in [0.4, 0.5) is 5.69 Å². The largest absolute Gasteiger partial charge is 0.485 e. The maximum absolute atomic E-state index is 12.5. The lowest BCUT2D eigenvalue weighted by Crippen LogP contribution is -2.21. The molecule has 0 fully saturated rings. The first kappa shape index (κ1) is 22.4. The molecule has 33 heavy (non-hydrogen) atoms. The lowest BCUT2D eigenvalue weighted by Gasteiger charge is -2.14. The van der Waals surface area contributed by atoms with Crippen LogP contribution in [0, 0.1) is 20.8 Å². The Kier molecular flexibility index (Phi) is 6.37. The first-order chi connectivity index (χ1) is 15.8. The van der Waals surface area contributed by atoms with E-state index in [-0.39, 0.29) is 24.7 Å². The highest BCUT2D eigenvalue weighted by Gasteiger charge is 2.13. The number of rotatable bonds is 7. The van der Waals surface area contributed by atoms with Crippen LogP contribution >= 0.6 is 11.6 Å². The molecule has 170 valence electrons. The number of fused-ring (bicyclic) bond motifs is 1. The zero-order chi connectivity index (χ0) is 23.5. The molecule has 1 amide bonds. The highest BCUT2D eigenvalue weighted by molar-refractivity contribution is 6.30. The summed E-state index contributed by atoms with van der Waals surface area (Å²) >= 11 is 6.12. The Labute approximate surface area is 194 Å². The van der Waals surface area contributed by atoms with E-state index in [0.29, 0.717) is 39.3 Å². The zero-order valence-corrected chi connectivity index (χ0v) is 19.1. The second-order valence-corrected chi connectivity index (χ2v) is 8.01. The Morgan fingerprint density at radius 2 is 1.85 bits per heavy atom. The summed E-state index contributed by atoms with van der Waals surface area (Å²) in [7, 11) is 0. The number of nitrogens with one attached hydrogen (secondary N) is 1. The number of aryl methyl sites for hydroxylation is 3. The maximum atomic E-state index is 12.5. The summed E-state index contributed by atoms with van der Waals surface area (Å²) in [5.41, 5.74) is 2.78. The third kappa shape index (κ3) is 5.18. The molecule has 0 atom stereocenters. The minimum absolute atomic E-state index is 0.00190. The van der Waals surface area contributed by atoms with Crippen molar-refractivity contribution in [3.05, 3.63) is 86.5 Å². The van der Waals surface area contributed by atoms with E-state index in [2.05, 4.69) is 10.3 Å². The van der Waals surface area contributed by atoms with Crippen molar-refractivity contribution < 1.29 is 18.8 Å². The van der Waals surface area contributed by atoms with Crippen molar-refractivity contribution in [2.24, 2.45) is 0 Å². The molecular formula is C24H22ClN3O5. The summed E-state index contributed by atoms with van der Waals surface area (Å²) in [4.78, 5) is 29.1. The Hall–Kier alpha value is -3.78. The van der Waals surface area contributed by atoms with Crippen molar-refractivity contribution in [2.45, 2.75) is 27.4 Å². The Morgan fingerprint density at radius 3 is 2.61 bits per heavy atom. The number of para-hydroxylation sites is 1. The van der Waals surface area contributed by atoms with Crippen LogP contribution in [0.5, 0.6) is 11.5 Å². The molecule has 4 rings (SSSR count). The van der Waals surface area contributed by atoms with E-state index in [0.717, 1.165) is 15.7 Å². The Bertz CT molecular complexity index is 1370. The number of carbonyl (C=O) groups is 1. The molecule has 2 heterocycles. The highest BCUT2D eigenvalue weighted by atomic mass is 35.5. The molecule has 0 radical (unpaired) electrons. The van der Waals surface area contributed by atoms with Gasteiger partial charge in [-0.05, 0) is 44.0 Å². The van der Waals surface area contributed by atoms with E-state index >= 15 is 0 Å². The highest BCUT2D eigenvalue weighted by Crippen LogP contribution is 2.29. The molecule has 0 aliphatic rings. The predicted octanol–water partition coefficient (Wildman–Crippen LogP) is 4.46. The molecule has 0 spiro atoms. The lowest BCUT2D eigenvalue weighted by molar-refractivity contribution is -0.118. The second-order valence-electron chi connectivity index (χ2n) is 7.57. The molecule has 0 unspecified atom stereocenters. The SMILES string of the molecule is Cc1cc2nc(COc3cc(Cl)ccc3NC(=O)COc3c(C)cccc3C)cc(=O)n2o1. The fraction of sp³-hybridized carbons (Fsp3) is 0.208. The quantitative estimate of drug-likeness (QED) is 0.431. The summed E-state index contributed by atoms with van der Waals surface area (Å²) in [5.74, 6) is 1.24. The minimum atomic E-state index is -0.352. The predicted molar refractivity (Wildman–Crippen MR) is 124 cm³/mol. The van der Waals surface area contributed by atoms with E-state index in [1.165, 1.54) is 6.07 Å². The van der Waals surface area contributed by atoms with Crippen LogP contribution in [0.2, 0.25) is 5.02 Å². The van der Waals surface area contributed by atoms with Gasteiger partial charge in [-0.1, -0.05) is 29.8 Å². The van der Waals surface area contributed by atoms with Gasteiger partial charge in [-0.3, -0.25) is 9.59 Å². The number of anilines is 1. The molecular weight excluding hydrogens is 446 g/mol. The Morgan fingerprint density at radius 1 is 1.09 bits per heavy atom. The van der Waals surface area contributed by atoms with Crippen LogP contribution in [0.1, 0.15) is 22.6 Å². The topological polar surface area (TPSA) is 95.1 Å². The monoisotopic (exact) mass is 467 g/mol. The number of benzene rings is 2. The Balaban J connectivity index is 1.46. The zero-order valence-electron chi connectivity index (χ0n) is 18.3.